The normalized spacial score (nSPS) is 29.8. The zero-order valence-electron chi connectivity index (χ0n) is 15.7. The Bertz CT molecular complexity index is 622. The molecule has 0 saturated carbocycles. The van der Waals surface area contributed by atoms with Crippen molar-refractivity contribution in [2.75, 3.05) is 13.2 Å². The van der Waals surface area contributed by atoms with Crippen LogP contribution in [0.3, 0.4) is 0 Å². The second-order valence-electron chi connectivity index (χ2n) is 6.08. The van der Waals surface area contributed by atoms with Gasteiger partial charge >= 0.3 is 0 Å². The monoisotopic (exact) mass is 396 g/mol. The summed E-state index contributed by atoms with van der Waals surface area (Å²) in [5, 5.41) is 58.2. The topological polar surface area (TPSA) is 140 Å². The second-order valence-corrected chi connectivity index (χ2v) is 6.08. The van der Waals surface area contributed by atoms with E-state index >= 15 is 0 Å². The van der Waals surface area contributed by atoms with Gasteiger partial charge in [0.15, 0.2) is 6.29 Å². The number of aliphatic hydroxyl groups is 6. The summed E-state index contributed by atoms with van der Waals surface area (Å²) >= 11 is 0. The molecule has 1 saturated heterocycles. The van der Waals surface area contributed by atoms with Crippen molar-refractivity contribution in [3.63, 3.8) is 0 Å². The maximum absolute atomic E-state index is 10.3. The van der Waals surface area contributed by atoms with Crippen LogP contribution >= 0.6 is 0 Å². The van der Waals surface area contributed by atoms with Crippen molar-refractivity contribution in [2.24, 2.45) is 0 Å². The van der Waals surface area contributed by atoms with E-state index in [0.29, 0.717) is 12.8 Å². The van der Waals surface area contributed by atoms with E-state index in [4.69, 9.17) is 14.6 Å². The van der Waals surface area contributed by atoms with Crippen molar-refractivity contribution in [1.29, 1.82) is 0 Å². The van der Waals surface area contributed by atoms with Crippen LogP contribution in [0.5, 0.6) is 0 Å². The molecule has 0 amide bonds. The van der Waals surface area contributed by atoms with Crippen LogP contribution in [0.15, 0.2) is 24.3 Å². The van der Waals surface area contributed by atoms with Crippen molar-refractivity contribution in [2.45, 2.75) is 62.7 Å². The first-order chi connectivity index (χ1) is 13.5. The third-order valence-electron chi connectivity index (χ3n) is 3.91. The predicted octanol–water partition coefficient (Wildman–Crippen LogP) is -1.56. The number of unbranched alkanes of at least 4 members (excludes halogenated alkanes) is 1. The summed E-state index contributed by atoms with van der Waals surface area (Å²) in [5.74, 6) is 10.2. The molecule has 28 heavy (non-hydrogen) atoms. The van der Waals surface area contributed by atoms with Gasteiger partial charge in [-0.1, -0.05) is 30.1 Å². The third kappa shape index (κ3) is 7.72. The summed E-state index contributed by atoms with van der Waals surface area (Å²) < 4.78 is 10.9. The lowest BCUT2D eigenvalue weighted by Crippen LogP contribution is -2.60. The fraction of sp³-hybridized carbons (Fsp3) is 0.600. The first-order valence-electron chi connectivity index (χ1n) is 9.00. The Hall–Kier alpha value is -1.72. The van der Waals surface area contributed by atoms with Gasteiger partial charge in [0.05, 0.1) is 6.61 Å². The van der Waals surface area contributed by atoms with Gasteiger partial charge in [-0.3, -0.25) is 0 Å². The lowest BCUT2D eigenvalue weighted by Gasteiger charge is -2.40. The SMILES string of the molecule is C/C=C/C#CC#C[C@@H](O)[C@@H](/C=C/CCCO)O[C@H]1O[C@@H](CO)[C@H](O)[C@@H](O)[C@@H]1O. The zero-order valence-corrected chi connectivity index (χ0v) is 15.7. The van der Waals surface area contributed by atoms with Crippen LogP contribution in [0.4, 0.5) is 0 Å². The highest BCUT2D eigenvalue weighted by Gasteiger charge is 2.45. The van der Waals surface area contributed by atoms with Gasteiger partial charge in [-0.05, 0) is 37.7 Å². The molecule has 0 unspecified atom stereocenters. The Morgan fingerprint density at radius 3 is 2.50 bits per heavy atom. The molecule has 0 aromatic heterocycles. The zero-order chi connectivity index (χ0) is 20.9. The maximum atomic E-state index is 10.3. The molecule has 0 aromatic carbocycles. The average molecular weight is 396 g/mol. The molecule has 1 fully saturated rings. The summed E-state index contributed by atoms with van der Waals surface area (Å²) in [6, 6.07) is 0. The van der Waals surface area contributed by atoms with Gasteiger partial charge in [-0.15, -0.1) is 0 Å². The molecule has 1 heterocycles. The predicted molar refractivity (Wildman–Crippen MR) is 100 cm³/mol. The largest absolute Gasteiger partial charge is 0.396 e. The van der Waals surface area contributed by atoms with E-state index < -0.39 is 49.5 Å². The minimum atomic E-state index is -1.60. The lowest BCUT2D eigenvalue weighted by atomic mass is 9.99. The highest BCUT2D eigenvalue weighted by atomic mass is 16.7. The van der Waals surface area contributed by atoms with Crippen LogP contribution in [0, 0.1) is 23.7 Å². The maximum Gasteiger partial charge on any atom is 0.187 e. The number of aliphatic hydroxyl groups excluding tert-OH is 6. The number of rotatable bonds is 8. The fourth-order valence-electron chi connectivity index (χ4n) is 2.35. The molecule has 1 aliphatic heterocycles. The van der Waals surface area contributed by atoms with Gasteiger partial charge in [-0.25, -0.2) is 0 Å². The summed E-state index contributed by atoms with van der Waals surface area (Å²) in [5.41, 5.74) is 0. The van der Waals surface area contributed by atoms with Crippen LogP contribution in [-0.2, 0) is 9.47 Å². The number of hydrogen-bond acceptors (Lipinski definition) is 8. The number of ether oxygens (including phenoxy) is 2. The molecule has 1 rings (SSSR count). The van der Waals surface area contributed by atoms with Crippen molar-refractivity contribution >= 4 is 0 Å². The molecular weight excluding hydrogens is 368 g/mol. The minimum Gasteiger partial charge on any atom is -0.396 e. The molecule has 0 bridgehead atoms. The Morgan fingerprint density at radius 2 is 1.86 bits per heavy atom. The summed E-state index contributed by atoms with van der Waals surface area (Å²) in [7, 11) is 0. The summed E-state index contributed by atoms with van der Waals surface area (Å²) in [6.07, 6.45) is -2.07. The molecular formula is C20H28O8. The molecule has 6 N–H and O–H groups in total. The molecule has 156 valence electrons. The first kappa shape index (κ1) is 24.3. The number of allylic oxidation sites excluding steroid dienone is 3. The standard InChI is InChI=1S/C20H28O8/c1-2-3-4-5-7-10-14(23)15(11-8-6-9-12-21)27-20-19(26)18(25)17(24)16(13-22)28-20/h2-3,8,11,14-26H,6,9,12-13H2,1H3/b3-2+,11-8+/t14-,15-,16+,17+,18-,19+,20+/m1/s1. The smallest absolute Gasteiger partial charge is 0.187 e. The van der Waals surface area contributed by atoms with Gasteiger partial charge < -0.3 is 40.1 Å². The molecule has 1 aliphatic rings. The Morgan fingerprint density at radius 1 is 1.11 bits per heavy atom. The Kier molecular flexibility index (Phi) is 11.7. The van der Waals surface area contributed by atoms with Crippen molar-refractivity contribution < 1.29 is 40.1 Å². The molecule has 0 radical (unpaired) electrons. The number of hydrogen-bond donors (Lipinski definition) is 6. The van der Waals surface area contributed by atoms with Crippen LogP contribution in [0.1, 0.15) is 19.8 Å². The third-order valence-corrected chi connectivity index (χ3v) is 3.91. The van der Waals surface area contributed by atoms with E-state index in [-0.39, 0.29) is 6.61 Å². The van der Waals surface area contributed by atoms with E-state index in [9.17, 15) is 25.5 Å². The van der Waals surface area contributed by atoms with Crippen LogP contribution < -0.4 is 0 Å². The van der Waals surface area contributed by atoms with Crippen LogP contribution in [0.25, 0.3) is 0 Å². The second kappa shape index (κ2) is 13.5. The van der Waals surface area contributed by atoms with Gasteiger partial charge in [0.25, 0.3) is 0 Å². The molecule has 8 nitrogen and oxygen atoms in total. The van der Waals surface area contributed by atoms with Crippen LogP contribution in [-0.4, -0.2) is 86.8 Å². The van der Waals surface area contributed by atoms with Crippen molar-refractivity contribution in [3.05, 3.63) is 24.3 Å². The van der Waals surface area contributed by atoms with Crippen LogP contribution in [0.2, 0.25) is 0 Å². The van der Waals surface area contributed by atoms with Crippen molar-refractivity contribution in [3.8, 4) is 23.7 Å². The highest BCUT2D eigenvalue weighted by molar-refractivity contribution is 5.32. The van der Waals surface area contributed by atoms with E-state index in [1.165, 1.54) is 6.08 Å². The average Bonchev–Trinajstić information content (AvgIpc) is 2.69. The van der Waals surface area contributed by atoms with E-state index in [1.54, 1.807) is 25.2 Å². The Balaban J connectivity index is 2.92. The first-order valence-corrected chi connectivity index (χ1v) is 9.00. The summed E-state index contributed by atoms with van der Waals surface area (Å²) in [6.45, 7) is 1.22. The highest BCUT2D eigenvalue weighted by Crippen LogP contribution is 2.23. The van der Waals surface area contributed by atoms with E-state index in [2.05, 4.69) is 23.7 Å². The molecule has 7 atom stereocenters. The van der Waals surface area contributed by atoms with Gasteiger partial charge in [-0.2, -0.15) is 0 Å². The van der Waals surface area contributed by atoms with Gasteiger partial charge in [0.2, 0.25) is 0 Å². The van der Waals surface area contributed by atoms with E-state index in [0.717, 1.165) is 0 Å². The molecule has 0 aromatic rings. The molecule has 8 heteroatoms. The van der Waals surface area contributed by atoms with E-state index in [1.807, 2.05) is 0 Å². The lowest BCUT2D eigenvalue weighted by molar-refractivity contribution is -0.311. The quantitative estimate of drug-likeness (QED) is 0.165. The summed E-state index contributed by atoms with van der Waals surface area (Å²) in [4.78, 5) is 0. The Labute approximate surface area is 164 Å². The minimum absolute atomic E-state index is 0.00543. The molecule has 0 spiro atoms. The van der Waals surface area contributed by atoms with Gasteiger partial charge in [0.1, 0.15) is 36.6 Å². The van der Waals surface area contributed by atoms with Crippen molar-refractivity contribution in [1.82, 2.24) is 0 Å². The molecule has 0 aliphatic carbocycles. The fourth-order valence-corrected chi connectivity index (χ4v) is 2.35. The van der Waals surface area contributed by atoms with Gasteiger partial charge in [0, 0.05) is 6.61 Å².